The molecule has 1 aromatic carbocycles. The Kier molecular flexibility index (Phi) is 4.53. The predicted octanol–water partition coefficient (Wildman–Crippen LogP) is 2.16. The zero-order valence-corrected chi connectivity index (χ0v) is 12.6. The molecule has 0 radical (unpaired) electrons. The van der Waals surface area contributed by atoms with Crippen molar-refractivity contribution in [1.29, 1.82) is 0 Å². The number of benzene rings is 1. The first-order valence-electron chi connectivity index (χ1n) is 7.10. The number of rotatable bonds is 5. The van der Waals surface area contributed by atoms with Gasteiger partial charge in [-0.25, -0.2) is 4.98 Å². The summed E-state index contributed by atoms with van der Waals surface area (Å²) in [4.78, 5) is 20.6. The summed E-state index contributed by atoms with van der Waals surface area (Å²) in [7, 11) is 0. The SMILES string of the molecule is CC(C)CC(C)(O)CNC(=O)c1cnc2ccccc2n1. The third kappa shape index (κ3) is 4.23. The molecule has 0 saturated heterocycles. The third-order valence-electron chi connectivity index (χ3n) is 3.16. The molecule has 1 heterocycles. The second kappa shape index (κ2) is 6.18. The van der Waals surface area contributed by atoms with Crippen LogP contribution < -0.4 is 5.32 Å². The Balaban J connectivity index is 2.05. The van der Waals surface area contributed by atoms with E-state index in [0.717, 1.165) is 5.52 Å². The summed E-state index contributed by atoms with van der Waals surface area (Å²) in [5, 5.41) is 12.9. The topological polar surface area (TPSA) is 75.1 Å². The van der Waals surface area contributed by atoms with Crippen molar-refractivity contribution in [3.8, 4) is 0 Å². The van der Waals surface area contributed by atoms with Crippen LogP contribution in [0.3, 0.4) is 0 Å². The fourth-order valence-electron chi connectivity index (χ4n) is 2.38. The number of aliphatic hydroxyl groups is 1. The molecule has 0 fully saturated rings. The van der Waals surface area contributed by atoms with E-state index in [9.17, 15) is 9.90 Å². The number of amides is 1. The molecular weight excluding hydrogens is 266 g/mol. The van der Waals surface area contributed by atoms with Gasteiger partial charge >= 0.3 is 0 Å². The lowest BCUT2D eigenvalue weighted by molar-refractivity contribution is 0.0367. The molecular formula is C16H21N3O2. The summed E-state index contributed by atoms with van der Waals surface area (Å²) in [6.45, 7) is 5.98. The molecule has 1 aromatic heterocycles. The second-order valence-electron chi connectivity index (χ2n) is 6.02. The van der Waals surface area contributed by atoms with Crippen molar-refractivity contribution >= 4 is 16.9 Å². The molecule has 0 aliphatic carbocycles. The number of aromatic nitrogens is 2. The molecule has 2 N–H and O–H groups in total. The van der Waals surface area contributed by atoms with Crippen LogP contribution in [0.4, 0.5) is 0 Å². The van der Waals surface area contributed by atoms with Crippen LogP contribution in [0.25, 0.3) is 11.0 Å². The molecule has 0 aliphatic heterocycles. The maximum Gasteiger partial charge on any atom is 0.271 e. The van der Waals surface area contributed by atoms with Gasteiger partial charge in [-0.1, -0.05) is 26.0 Å². The van der Waals surface area contributed by atoms with Crippen LogP contribution in [0, 0.1) is 5.92 Å². The number of carbonyl (C=O) groups is 1. The van der Waals surface area contributed by atoms with Crippen LogP contribution in [0.5, 0.6) is 0 Å². The monoisotopic (exact) mass is 287 g/mol. The van der Waals surface area contributed by atoms with E-state index in [0.29, 0.717) is 17.9 Å². The number of nitrogens with zero attached hydrogens (tertiary/aromatic N) is 2. The molecule has 0 aliphatic rings. The highest BCUT2D eigenvalue weighted by Gasteiger charge is 2.23. The first-order chi connectivity index (χ1) is 9.87. The van der Waals surface area contributed by atoms with Crippen LogP contribution in [0.15, 0.2) is 30.5 Å². The van der Waals surface area contributed by atoms with Crippen molar-refractivity contribution in [1.82, 2.24) is 15.3 Å². The van der Waals surface area contributed by atoms with Gasteiger partial charge in [0.25, 0.3) is 5.91 Å². The molecule has 2 aromatic rings. The van der Waals surface area contributed by atoms with E-state index in [1.165, 1.54) is 6.20 Å². The Morgan fingerprint density at radius 3 is 2.67 bits per heavy atom. The normalized spacial score (nSPS) is 14.1. The van der Waals surface area contributed by atoms with Gasteiger partial charge in [-0.2, -0.15) is 0 Å². The zero-order valence-electron chi connectivity index (χ0n) is 12.6. The number of nitrogens with one attached hydrogen (secondary N) is 1. The van der Waals surface area contributed by atoms with E-state index in [4.69, 9.17) is 0 Å². The van der Waals surface area contributed by atoms with Gasteiger partial charge < -0.3 is 10.4 Å². The van der Waals surface area contributed by atoms with Crippen LogP contribution in [0.1, 0.15) is 37.7 Å². The maximum atomic E-state index is 12.1. The summed E-state index contributed by atoms with van der Waals surface area (Å²) in [6.07, 6.45) is 2.07. The average molecular weight is 287 g/mol. The van der Waals surface area contributed by atoms with E-state index >= 15 is 0 Å². The van der Waals surface area contributed by atoms with Gasteiger partial charge in [0, 0.05) is 6.54 Å². The molecule has 0 saturated carbocycles. The predicted molar refractivity (Wildman–Crippen MR) is 82.0 cm³/mol. The molecule has 112 valence electrons. The minimum Gasteiger partial charge on any atom is -0.388 e. The summed E-state index contributed by atoms with van der Waals surface area (Å²) in [5.41, 5.74) is 0.766. The maximum absolute atomic E-state index is 12.1. The molecule has 2 rings (SSSR count). The fraction of sp³-hybridized carbons (Fsp3) is 0.438. The Morgan fingerprint density at radius 1 is 1.33 bits per heavy atom. The van der Waals surface area contributed by atoms with Gasteiger partial charge in [-0.15, -0.1) is 0 Å². The van der Waals surface area contributed by atoms with E-state index in [2.05, 4.69) is 15.3 Å². The number of para-hydroxylation sites is 2. The third-order valence-corrected chi connectivity index (χ3v) is 3.16. The minimum atomic E-state index is -0.923. The molecule has 21 heavy (non-hydrogen) atoms. The Hall–Kier alpha value is -2.01. The second-order valence-corrected chi connectivity index (χ2v) is 6.02. The van der Waals surface area contributed by atoms with Crippen molar-refractivity contribution in [2.45, 2.75) is 32.8 Å². The first kappa shape index (κ1) is 15.4. The van der Waals surface area contributed by atoms with Gasteiger partial charge in [0.2, 0.25) is 0 Å². The first-order valence-corrected chi connectivity index (χ1v) is 7.10. The summed E-state index contributed by atoms with van der Waals surface area (Å²) < 4.78 is 0. The average Bonchev–Trinajstić information content (AvgIpc) is 2.43. The summed E-state index contributed by atoms with van der Waals surface area (Å²) in [6, 6.07) is 7.39. The highest BCUT2D eigenvalue weighted by molar-refractivity contribution is 5.93. The summed E-state index contributed by atoms with van der Waals surface area (Å²) in [5.74, 6) is 0.0367. The van der Waals surface area contributed by atoms with Crippen LogP contribution >= 0.6 is 0 Å². The zero-order chi connectivity index (χ0) is 15.5. The highest BCUT2D eigenvalue weighted by Crippen LogP contribution is 2.15. The van der Waals surface area contributed by atoms with Crippen molar-refractivity contribution in [3.63, 3.8) is 0 Å². The lowest BCUT2D eigenvalue weighted by Crippen LogP contribution is -2.41. The van der Waals surface area contributed by atoms with Gasteiger partial charge in [0.15, 0.2) is 0 Å². The molecule has 5 heteroatoms. The quantitative estimate of drug-likeness (QED) is 0.883. The Labute approximate surface area is 124 Å². The number of hydrogen-bond donors (Lipinski definition) is 2. The van der Waals surface area contributed by atoms with E-state index in [-0.39, 0.29) is 18.1 Å². The highest BCUT2D eigenvalue weighted by atomic mass is 16.3. The van der Waals surface area contributed by atoms with Crippen molar-refractivity contribution in [2.24, 2.45) is 5.92 Å². The van der Waals surface area contributed by atoms with Gasteiger partial charge in [-0.05, 0) is 31.4 Å². The van der Waals surface area contributed by atoms with Crippen LogP contribution in [-0.4, -0.2) is 33.1 Å². The number of hydrogen-bond acceptors (Lipinski definition) is 4. The molecule has 1 atom stereocenters. The van der Waals surface area contributed by atoms with Gasteiger partial charge in [0.05, 0.1) is 22.8 Å². The largest absolute Gasteiger partial charge is 0.388 e. The minimum absolute atomic E-state index is 0.193. The number of fused-ring (bicyclic) bond motifs is 1. The Bertz CT molecular complexity index is 638. The summed E-state index contributed by atoms with van der Waals surface area (Å²) >= 11 is 0. The van der Waals surface area contributed by atoms with E-state index < -0.39 is 5.60 Å². The van der Waals surface area contributed by atoms with Gasteiger partial charge in [-0.3, -0.25) is 9.78 Å². The number of carbonyl (C=O) groups excluding carboxylic acids is 1. The van der Waals surface area contributed by atoms with Crippen molar-refractivity contribution in [2.75, 3.05) is 6.54 Å². The smallest absolute Gasteiger partial charge is 0.271 e. The standard InChI is InChI=1S/C16H21N3O2/c1-11(2)8-16(3,21)10-18-15(20)14-9-17-12-6-4-5-7-13(12)19-14/h4-7,9,11,21H,8,10H2,1-3H3,(H,18,20). The molecule has 1 amide bonds. The molecule has 0 bridgehead atoms. The lowest BCUT2D eigenvalue weighted by Gasteiger charge is -2.25. The fourth-order valence-corrected chi connectivity index (χ4v) is 2.38. The lowest BCUT2D eigenvalue weighted by atomic mass is 9.94. The van der Waals surface area contributed by atoms with Crippen molar-refractivity contribution in [3.05, 3.63) is 36.2 Å². The molecule has 5 nitrogen and oxygen atoms in total. The molecule has 0 spiro atoms. The van der Waals surface area contributed by atoms with E-state index in [1.54, 1.807) is 6.92 Å². The van der Waals surface area contributed by atoms with Crippen molar-refractivity contribution < 1.29 is 9.90 Å². The molecule has 1 unspecified atom stereocenters. The Morgan fingerprint density at radius 2 is 2.00 bits per heavy atom. The van der Waals surface area contributed by atoms with Gasteiger partial charge in [0.1, 0.15) is 5.69 Å². The van der Waals surface area contributed by atoms with Crippen LogP contribution in [0.2, 0.25) is 0 Å². The van der Waals surface area contributed by atoms with E-state index in [1.807, 2.05) is 38.1 Å². The van der Waals surface area contributed by atoms with Crippen LogP contribution in [-0.2, 0) is 0 Å².